The molecule has 4 rings (SSSR count). The Morgan fingerprint density at radius 3 is 2.42 bits per heavy atom. The molecule has 0 radical (unpaired) electrons. The number of nitrogens with one attached hydrogen (secondary N) is 1. The van der Waals surface area contributed by atoms with Gasteiger partial charge >= 0.3 is 5.97 Å². The Balaban J connectivity index is 1.61. The van der Waals surface area contributed by atoms with Gasteiger partial charge in [-0.05, 0) is 60.5 Å². The molecule has 1 aromatic heterocycles. The highest BCUT2D eigenvalue weighted by Gasteiger charge is 2.27. The lowest BCUT2D eigenvalue weighted by Gasteiger charge is -2.15. The summed E-state index contributed by atoms with van der Waals surface area (Å²) < 4.78 is 41.3. The molecule has 0 aliphatic heterocycles. The third-order valence-corrected chi connectivity index (χ3v) is 7.50. The van der Waals surface area contributed by atoms with Crippen molar-refractivity contribution in [2.24, 2.45) is 0 Å². The Hall–Kier alpha value is -4.26. The van der Waals surface area contributed by atoms with Gasteiger partial charge in [-0.3, -0.25) is 4.79 Å². The maximum Gasteiger partial charge on any atom is 0.322 e. The second-order valence-corrected chi connectivity index (χ2v) is 10.3. The number of rotatable bonds is 11. The zero-order valence-electron chi connectivity index (χ0n) is 21.0. The van der Waals surface area contributed by atoms with Crippen LogP contribution in [0, 0.1) is 11.8 Å². The number of ether oxygens (including phenoxy) is 2. The summed E-state index contributed by atoms with van der Waals surface area (Å²) in [5.41, 5.74) is 2.65. The van der Waals surface area contributed by atoms with E-state index < -0.39 is 22.0 Å². The van der Waals surface area contributed by atoms with Gasteiger partial charge in [0.15, 0.2) is 0 Å². The van der Waals surface area contributed by atoms with Gasteiger partial charge < -0.3 is 19.1 Å². The van der Waals surface area contributed by atoms with Crippen LogP contribution in [0.15, 0.2) is 83.9 Å². The number of benzene rings is 3. The molecule has 3 aromatic carbocycles. The Kier molecular flexibility index (Phi) is 8.36. The summed E-state index contributed by atoms with van der Waals surface area (Å²) >= 11 is 0. The summed E-state index contributed by atoms with van der Waals surface area (Å²) in [4.78, 5) is 12.1. The van der Waals surface area contributed by atoms with Gasteiger partial charge in [-0.1, -0.05) is 36.3 Å². The van der Waals surface area contributed by atoms with Crippen LogP contribution in [0.5, 0.6) is 11.5 Å². The zero-order valence-corrected chi connectivity index (χ0v) is 21.9. The van der Waals surface area contributed by atoms with Crippen LogP contribution >= 0.6 is 0 Å². The van der Waals surface area contributed by atoms with Crippen LogP contribution in [-0.4, -0.2) is 43.8 Å². The van der Waals surface area contributed by atoms with Crippen molar-refractivity contribution in [3.05, 3.63) is 90.1 Å². The van der Waals surface area contributed by atoms with Crippen LogP contribution in [-0.2, 0) is 27.8 Å². The van der Waals surface area contributed by atoms with E-state index in [-0.39, 0.29) is 17.9 Å². The van der Waals surface area contributed by atoms with Gasteiger partial charge in [-0.2, -0.15) is 4.72 Å². The number of hydrogen-bond donors (Lipinski definition) is 2. The van der Waals surface area contributed by atoms with E-state index in [1.165, 1.54) is 24.3 Å². The quantitative estimate of drug-likeness (QED) is 0.282. The number of sulfonamides is 1. The molecule has 0 bridgehead atoms. The summed E-state index contributed by atoms with van der Waals surface area (Å²) in [7, 11) is -2.56. The van der Waals surface area contributed by atoms with Crippen LogP contribution < -0.4 is 14.2 Å². The lowest BCUT2D eigenvalue weighted by atomic mass is 10.1. The van der Waals surface area contributed by atoms with E-state index in [9.17, 15) is 18.3 Å². The highest BCUT2D eigenvalue weighted by atomic mass is 32.2. The topological polar surface area (TPSA) is 107 Å². The fourth-order valence-corrected chi connectivity index (χ4v) is 5.30. The number of hydrogen-bond acceptors (Lipinski definition) is 5. The monoisotopic (exact) mass is 532 g/mol. The number of aliphatic carboxylic acids is 1. The van der Waals surface area contributed by atoms with E-state index >= 15 is 0 Å². The van der Waals surface area contributed by atoms with Gasteiger partial charge in [0.05, 0.1) is 12.0 Å². The molecule has 0 unspecified atom stereocenters. The number of nitrogens with zero attached hydrogens (tertiary/aromatic N) is 1. The summed E-state index contributed by atoms with van der Waals surface area (Å²) in [5.74, 6) is 5.27. The zero-order chi connectivity index (χ0) is 27.1. The van der Waals surface area contributed by atoms with Crippen molar-refractivity contribution < 1.29 is 27.8 Å². The molecule has 9 heteroatoms. The summed E-state index contributed by atoms with van der Waals surface area (Å²) in [5, 5.41) is 10.7. The molecule has 0 aliphatic rings. The second kappa shape index (κ2) is 11.9. The predicted molar refractivity (Wildman–Crippen MR) is 145 cm³/mol. The maximum absolute atomic E-state index is 13.1. The fourth-order valence-electron chi connectivity index (χ4n) is 4.11. The summed E-state index contributed by atoms with van der Waals surface area (Å²) in [6, 6.07) is 19.8. The van der Waals surface area contributed by atoms with Crippen molar-refractivity contribution in [3.63, 3.8) is 0 Å². The first-order valence-corrected chi connectivity index (χ1v) is 13.4. The molecule has 0 spiro atoms. The molecule has 1 heterocycles. The highest BCUT2D eigenvalue weighted by molar-refractivity contribution is 7.89. The van der Waals surface area contributed by atoms with Crippen molar-refractivity contribution in [1.82, 2.24) is 9.29 Å². The van der Waals surface area contributed by atoms with Crippen LogP contribution in [0.25, 0.3) is 10.9 Å². The standard InChI is InChI=1S/C29H28N2O6S/c1-3-4-16-37-23-10-13-25(14-11-23)38(34,35)30-27(29(32)33)17-22-20-31(19-21-8-6-5-7-9-21)28-15-12-24(36-2)18-26(22)28/h5-15,18,20,27,30H,16-17,19H2,1-2H3,(H,32,33)/t27-/m0/s1. The minimum Gasteiger partial charge on any atom is -0.497 e. The van der Waals surface area contributed by atoms with Crippen molar-refractivity contribution >= 4 is 26.9 Å². The minimum absolute atomic E-state index is 0.0586. The Labute approximate surface area is 221 Å². The normalized spacial score (nSPS) is 11.9. The predicted octanol–water partition coefficient (Wildman–Crippen LogP) is 4.07. The molecule has 0 fully saturated rings. The number of carbonyl (C=O) groups is 1. The fraction of sp³-hybridized carbons (Fsp3) is 0.207. The van der Waals surface area contributed by atoms with E-state index in [0.29, 0.717) is 23.6 Å². The first kappa shape index (κ1) is 26.8. The molecule has 0 aliphatic carbocycles. The van der Waals surface area contributed by atoms with Gasteiger partial charge in [-0.15, -0.1) is 5.92 Å². The largest absolute Gasteiger partial charge is 0.497 e. The van der Waals surface area contributed by atoms with Gasteiger partial charge in [0.1, 0.15) is 24.1 Å². The number of methoxy groups -OCH3 is 1. The van der Waals surface area contributed by atoms with Crippen molar-refractivity contribution in [2.45, 2.75) is 30.8 Å². The number of carboxylic acids is 1. The third-order valence-electron chi connectivity index (χ3n) is 6.01. The molecule has 0 amide bonds. The van der Waals surface area contributed by atoms with Gasteiger partial charge in [0.2, 0.25) is 10.0 Å². The number of carboxylic acid groups (broad SMARTS) is 1. The minimum atomic E-state index is -4.12. The van der Waals surface area contributed by atoms with E-state index in [4.69, 9.17) is 9.47 Å². The lowest BCUT2D eigenvalue weighted by Crippen LogP contribution is -2.42. The van der Waals surface area contributed by atoms with Gasteiger partial charge in [0, 0.05) is 30.1 Å². The maximum atomic E-state index is 13.1. The average molecular weight is 533 g/mol. The molecule has 1 atom stereocenters. The summed E-state index contributed by atoms with van der Waals surface area (Å²) in [6.07, 6.45) is 1.81. The summed E-state index contributed by atoms with van der Waals surface area (Å²) in [6.45, 7) is 2.46. The molecule has 2 N–H and O–H groups in total. The van der Waals surface area contributed by atoms with Crippen LogP contribution in [0.2, 0.25) is 0 Å². The number of fused-ring (bicyclic) bond motifs is 1. The molecule has 4 aromatic rings. The van der Waals surface area contributed by atoms with Crippen LogP contribution in [0.1, 0.15) is 18.1 Å². The highest BCUT2D eigenvalue weighted by Crippen LogP contribution is 2.28. The molecular weight excluding hydrogens is 504 g/mol. The first-order chi connectivity index (χ1) is 18.3. The van der Waals surface area contributed by atoms with E-state index in [1.807, 2.05) is 59.3 Å². The van der Waals surface area contributed by atoms with E-state index in [2.05, 4.69) is 16.6 Å². The Morgan fingerprint density at radius 2 is 1.76 bits per heavy atom. The second-order valence-electron chi connectivity index (χ2n) is 8.55. The molecule has 8 nitrogen and oxygen atoms in total. The number of aromatic nitrogens is 1. The van der Waals surface area contributed by atoms with Gasteiger partial charge in [0.25, 0.3) is 0 Å². The molecule has 196 valence electrons. The molecule has 0 saturated carbocycles. The van der Waals surface area contributed by atoms with Gasteiger partial charge in [-0.25, -0.2) is 8.42 Å². The van der Waals surface area contributed by atoms with Crippen molar-refractivity contribution in [1.29, 1.82) is 0 Å². The third kappa shape index (κ3) is 6.35. The lowest BCUT2D eigenvalue weighted by molar-refractivity contribution is -0.138. The Bertz CT molecular complexity index is 1580. The molecule has 38 heavy (non-hydrogen) atoms. The van der Waals surface area contributed by atoms with Crippen molar-refractivity contribution in [3.8, 4) is 23.3 Å². The molecule has 0 saturated heterocycles. The first-order valence-electron chi connectivity index (χ1n) is 11.9. The van der Waals surface area contributed by atoms with Crippen LogP contribution in [0.3, 0.4) is 0 Å². The Morgan fingerprint density at radius 1 is 1.05 bits per heavy atom. The van der Waals surface area contributed by atoms with E-state index in [0.717, 1.165) is 16.5 Å². The molecular formula is C29H28N2O6S. The SMILES string of the molecule is CC#CCOc1ccc(S(=O)(=O)N[C@@H](Cc2cn(Cc3ccccc3)c3ccc(OC)cc23)C(=O)O)cc1. The van der Waals surface area contributed by atoms with E-state index in [1.54, 1.807) is 14.0 Å². The van der Waals surface area contributed by atoms with Crippen LogP contribution in [0.4, 0.5) is 0 Å². The van der Waals surface area contributed by atoms with Crippen molar-refractivity contribution in [2.75, 3.05) is 13.7 Å². The smallest absolute Gasteiger partial charge is 0.322 e. The average Bonchev–Trinajstić information content (AvgIpc) is 3.25.